The normalized spacial score (nSPS) is 14.7. The van der Waals surface area contributed by atoms with Crippen molar-refractivity contribution in [2.24, 2.45) is 0 Å². The number of carbonyl (C=O) groups excluding carboxylic acids is 1. The van der Waals surface area contributed by atoms with Crippen molar-refractivity contribution in [2.75, 3.05) is 52.3 Å². The summed E-state index contributed by atoms with van der Waals surface area (Å²) in [6.45, 7) is 1.82. The van der Waals surface area contributed by atoms with Gasteiger partial charge in [0, 0.05) is 32.7 Å². The Morgan fingerprint density at radius 3 is 2.50 bits per heavy atom. The first kappa shape index (κ1) is 15.1. The van der Waals surface area contributed by atoms with Crippen molar-refractivity contribution in [3.05, 3.63) is 10.4 Å². The smallest absolute Gasteiger partial charge is 0.265 e. The Hall–Kier alpha value is -1.27. The van der Waals surface area contributed by atoms with E-state index >= 15 is 0 Å². The number of nitrogens with one attached hydrogen (secondary N) is 1. The Labute approximate surface area is 124 Å². The third-order valence-corrected chi connectivity index (χ3v) is 4.58. The Morgan fingerprint density at radius 1 is 1.35 bits per heavy atom. The molecule has 0 saturated heterocycles. The van der Waals surface area contributed by atoms with Crippen molar-refractivity contribution >= 4 is 27.9 Å². The summed E-state index contributed by atoms with van der Waals surface area (Å²) in [5.41, 5.74) is 8.08. The minimum atomic E-state index is -0.00457. The average Bonchev–Trinajstić information content (AvgIpc) is 3.13. The van der Waals surface area contributed by atoms with Gasteiger partial charge in [-0.1, -0.05) is 0 Å². The van der Waals surface area contributed by atoms with Crippen LogP contribution in [0.25, 0.3) is 0 Å². The van der Waals surface area contributed by atoms with Gasteiger partial charge in [-0.2, -0.15) is 0 Å². The van der Waals surface area contributed by atoms with Crippen molar-refractivity contribution in [3.63, 3.8) is 0 Å². The van der Waals surface area contributed by atoms with Crippen LogP contribution in [-0.2, 0) is 0 Å². The molecular formula is C14H24N4OS. The minimum Gasteiger partial charge on any atom is -0.397 e. The molecule has 0 radical (unpaired) electrons. The number of hydrogen-bond acceptors (Lipinski definition) is 5. The number of thiophene rings is 1. The van der Waals surface area contributed by atoms with Gasteiger partial charge >= 0.3 is 0 Å². The molecule has 1 saturated carbocycles. The van der Waals surface area contributed by atoms with E-state index < -0.39 is 0 Å². The molecule has 5 nitrogen and oxygen atoms in total. The van der Waals surface area contributed by atoms with Crippen LogP contribution in [0.4, 0.5) is 10.7 Å². The lowest BCUT2D eigenvalue weighted by molar-refractivity contribution is 0.0833. The summed E-state index contributed by atoms with van der Waals surface area (Å²) < 4.78 is 0. The number of amides is 1. The zero-order valence-electron chi connectivity index (χ0n) is 12.7. The second-order valence-electron chi connectivity index (χ2n) is 5.79. The summed E-state index contributed by atoms with van der Waals surface area (Å²) in [6.07, 6.45) is 2.36. The van der Waals surface area contributed by atoms with Crippen molar-refractivity contribution in [1.29, 1.82) is 0 Å². The Bertz CT molecular complexity index is 492. The fourth-order valence-electron chi connectivity index (χ4n) is 2.12. The van der Waals surface area contributed by atoms with E-state index in [4.69, 9.17) is 5.73 Å². The fourth-order valence-corrected chi connectivity index (χ4v) is 3.37. The van der Waals surface area contributed by atoms with Crippen LogP contribution in [0, 0.1) is 0 Å². The number of rotatable bonds is 6. The predicted octanol–water partition coefficient (Wildman–Crippen LogP) is 1.88. The number of hydrogen-bond donors (Lipinski definition) is 2. The molecular weight excluding hydrogens is 272 g/mol. The fraction of sp³-hybridized carbons (Fsp3) is 0.643. The molecule has 1 aromatic rings. The summed E-state index contributed by atoms with van der Waals surface area (Å²) in [5, 5.41) is 4.53. The number of nitrogens with two attached hydrogens (primary N) is 1. The molecule has 112 valence electrons. The highest BCUT2D eigenvalue weighted by Crippen LogP contribution is 2.50. The summed E-state index contributed by atoms with van der Waals surface area (Å²) >= 11 is 1.50. The van der Waals surface area contributed by atoms with Crippen LogP contribution in [-0.4, -0.2) is 57.0 Å². The molecule has 6 heteroatoms. The van der Waals surface area contributed by atoms with E-state index in [1.54, 1.807) is 19.0 Å². The quantitative estimate of drug-likeness (QED) is 0.841. The van der Waals surface area contributed by atoms with E-state index in [9.17, 15) is 4.79 Å². The summed E-state index contributed by atoms with van der Waals surface area (Å²) in [7, 11) is 7.62. The molecule has 1 aromatic heterocycles. The van der Waals surface area contributed by atoms with E-state index in [-0.39, 0.29) is 5.91 Å². The van der Waals surface area contributed by atoms with Crippen LogP contribution in [0.15, 0.2) is 0 Å². The molecule has 0 spiro atoms. The van der Waals surface area contributed by atoms with E-state index in [2.05, 4.69) is 10.2 Å². The molecule has 0 unspecified atom stereocenters. The summed E-state index contributed by atoms with van der Waals surface area (Å²) in [6, 6.07) is 0. The highest BCUT2D eigenvalue weighted by molar-refractivity contribution is 7.18. The Kier molecular flexibility index (Phi) is 4.55. The third kappa shape index (κ3) is 3.24. The van der Waals surface area contributed by atoms with Crippen molar-refractivity contribution < 1.29 is 4.79 Å². The molecule has 0 bridgehead atoms. The summed E-state index contributed by atoms with van der Waals surface area (Å²) in [4.78, 5) is 16.6. The van der Waals surface area contributed by atoms with Crippen LogP contribution in [0.2, 0.25) is 0 Å². The first-order valence-electron chi connectivity index (χ1n) is 6.94. The molecule has 0 aliphatic heterocycles. The molecule has 1 heterocycles. The van der Waals surface area contributed by atoms with E-state index in [0.717, 1.165) is 18.1 Å². The highest BCUT2D eigenvalue weighted by Gasteiger charge is 2.33. The molecule has 0 aromatic carbocycles. The monoisotopic (exact) mass is 296 g/mol. The average molecular weight is 296 g/mol. The lowest BCUT2D eigenvalue weighted by Crippen LogP contribution is -2.21. The second kappa shape index (κ2) is 6.01. The number of nitrogens with zero attached hydrogens (tertiary/aromatic N) is 2. The van der Waals surface area contributed by atoms with Gasteiger partial charge in [0.05, 0.1) is 10.7 Å². The molecule has 1 aliphatic carbocycles. The number of nitrogen functional groups attached to an aromatic ring is 1. The zero-order valence-corrected chi connectivity index (χ0v) is 13.5. The standard InChI is InChI=1S/C14H24N4OS/c1-17(2)8-7-16-13-10(9-5-6-9)11(15)12(20-13)14(19)18(3)4/h9,16H,5-8,15H2,1-4H3. The molecule has 1 fully saturated rings. The SMILES string of the molecule is CN(C)CCNc1sc(C(=O)N(C)C)c(N)c1C1CC1. The van der Waals surface area contributed by atoms with Gasteiger partial charge in [-0.3, -0.25) is 4.79 Å². The largest absolute Gasteiger partial charge is 0.397 e. The zero-order chi connectivity index (χ0) is 14.9. The van der Waals surface area contributed by atoms with Crippen molar-refractivity contribution in [1.82, 2.24) is 9.80 Å². The highest BCUT2D eigenvalue weighted by atomic mass is 32.1. The maximum absolute atomic E-state index is 12.2. The lowest BCUT2D eigenvalue weighted by atomic mass is 10.1. The van der Waals surface area contributed by atoms with Gasteiger partial charge in [0.1, 0.15) is 4.88 Å². The van der Waals surface area contributed by atoms with Crippen molar-refractivity contribution in [2.45, 2.75) is 18.8 Å². The van der Waals surface area contributed by atoms with Gasteiger partial charge in [0.15, 0.2) is 0 Å². The second-order valence-corrected chi connectivity index (χ2v) is 6.81. The van der Waals surface area contributed by atoms with Gasteiger partial charge in [0.25, 0.3) is 5.91 Å². The maximum Gasteiger partial charge on any atom is 0.265 e. The maximum atomic E-state index is 12.2. The molecule has 0 atom stereocenters. The Balaban J connectivity index is 2.21. The number of likely N-dealkylation sites (N-methyl/N-ethyl adjacent to an activating group) is 1. The van der Waals surface area contributed by atoms with Gasteiger partial charge in [-0.05, 0) is 32.9 Å². The molecule has 2 rings (SSSR count). The first-order chi connectivity index (χ1) is 9.41. The lowest BCUT2D eigenvalue weighted by Gasteiger charge is -2.11. The van der Waals surface area contributed by atoms with Crippen LogP contribution in [0.1, 0.15) is 34.0 Å². The molecule has 1 aliphatic rings. The van der Waals surface area contributed by atoms with Crippen LogP contribution >= 0.6 is 11.3 Å². The van der Waals surface area contributed by atoms with E-state index in [1.165, 1.54) is 29.7 Å². The summed E-state index contributed by atoms with van der Waals surface area (Å²) in [5.74, 6) is 0.534. The van der Waals surface area contributed by atoms with Gasteiger partial charge in [-0.15, -0.1) is 11.3 Å². The minimum absolute atomic E-state index is 0.00457. The topological polar surface area (TPSA) is 61.6 Å². The number of carbonyl (C=O) groups is 1. The molecule has 1 amide bonds. The molecule has 3 N–H and O–H groups in total. The van der Waals surface area contributed by atoms with Crippen molar-refractivity contribution in [3.8, 4) is 0 Å². The van der Waals surface area contributed by atoms with Gasteiger partial charge in [-0.25, -0.2) is 0 Å². The first-order valence-corrected chi connectivity index (χ1v) is 7.75. The van der Waals surface area contributed by atoms with E-state index in [1.807, 2.05) is 14.1 Å². The number of anilines is 2. The predicted molar refractivity (Wildman–Crippen MR) is 85.8 cm³/mol. The van der Waals surface area contributed by atoms with Gasteiger partial charge < -0.3 is 20.9 Å². The van der Waals surface area contributed by atoms with Gasteiger partial charge in [0.2, 0.25) is 0 Å². The molecule has 20 heavy (non-hydrogen) atoms. The third-order valence-electron chi connectivity index (χ3n) is 3.41. The Morgan fingerprint density at radius 2 is 2.00 bits per heavy atom. The van der Waals surface area contributed by atoms with E-state index in [0.29, 0.717) is 16.5 Å². The van der Waals surface area contributed by atoms with Crippen LogP contribution < -0.4 is 11.1 Å². The van der Waals surface area contributed by atoms with Crippen LogP contribution in [0.3, 0.4) is 0 Å². The van der Waals surface area contributed by atoms with Crippen LogP contribution in [0.5, 0.6) is 0 Å².